The molecule has 0 amide bonds. The smallest absolute Gasteiger partial charge is 0.178 e. The highest BCUT2D eigenvalue weighted by molar-refractivity contribution is 5.64. The Bertz CT molecular complexity index is 962. The van der Waals surface area contributed by atoms with Crippen molar-refractivity contribution in [3.05, 3.63) is 64.9 Å². The van der Waals surface area contributed by atoms with E-state index in [2.05, 4.69) is 45.5 Å². The molecular weight excluding hydrogens is 286 g/mol. The predicted molar refractivity (Wildman–Crippen MR) is 87.7 cm³/mol. The Morgan fingerprint density at radius 3 is 2.96 bits per heavy atom. The summed E-state index contributed by atoms with van der Waals surface area (Å²) >= 11 is 0. The Morgan fingerprint density at radius 1 is 1.09 bits per heavy atom. The molecule has 0 radical (unpaired) electrons. The highest BCUT2D eigenvalue weighted by Crippen LogP contribution is 2.38. The van der Waals surface area contributed by atoms with Crippen molar-refractivity contribution in [3.8, 4) is 0 Å². The van der Waals surface area contributed by atoms with Crippen LogP contribution in [0.1, 0.15) is 41.5 Å². The van der Waals surface area contributed by atoms with E-state index in [-0.39, 0.29) is 0 Å². The topological polar surface area (TPSA) is 56.0 Å². The van der Waals surface area contributed by atoms with Gasteiger partial charge in [0.25, 0.3) is 0 Å². The van der Waals surface area contributed by atoms with E-state index in [4.69, 9.17) is 5.10 Å². The molecule has 3 aromatic heterocycles. The van der Waals surface area contributed by atoms with Crippen molar-refractivity contribution in [2.24, 2.45) is 0 Å². The van der Waals surface area contributed by atoms with Gasteiger partial charge in [0, 0.05) is 12.1 Å². The Hall–Kier alpha value is -2.82. The molecular formula is C18H15N5. The summed E-state index contributed by atoms with van der Waals surface area (Å²) in [5.41, 5.74) is 5.42. The predicted octanol–water partition coefficient (Wildman–Crippen LogP) is 3.05. The maximum atomic E-state index is 4.72. The van der Waals surface area contributed by atoms with E-state index in [1.165, 1.54) is 24.0 Å². The van der Waals surface area contributed by atoms with Crippen LogP contribution in [0.2, 0.25) is 0 Å². The van der Waals surface area contributed by atoms with Crippen molar-refractivity contribution in [2.75, 3.05) is 0 Å². The molecule has 23 heavy (non-hydrogen) atoms. The normalized spacial score (nSPS) is 18.5. The van der Waals surface area contributed by atoms with Crippen LogP contribution in [0.3, 0.4) is 0 Å². The molecule has 112 valence electrons. The Morgan fingerprint density at radius 2 is 2.04 bits per heavy atom. The maximum absolute atomic E-state index is 4.72. The molecule has 5 heteroatoms. The van der Waals surface area contributed by atoms with Crippen LogP contribution in [0.4, 0.5) is 0 Å². The van der Waals surface area contributed by atoms with E-state index in [1.54, 1.807) is 0 Å². The third kappa shape index (κ3) is 2.25. The first-order valence-corrected chi connectivity index (χ1v) is 7.92. The van der Waals surface area contributed by atoms with Crippen molar-refractivity contribution in [1.29, 1.82) is 0 Å². The molecule has 0 aromatic carbocycles. The molecule has 0 atom stereocenters. The minimum Gasteiger partial charge on any atom is -0.257 e. The van der Waals surface area contributed by atoms with Gasteiger partial charge in [-0.05, 0) is 60.8 Å². The number of hydrogen-bond acceptors (Lipinski definition) is 4. The summed E-state index contributed by atoms with van der Waals surface area (Å²) in [6.07, 6.45) is 11.4. The lowest BCUT2D eigenvalue weighted by atomic mass is 9.97. The molecule has 1 saturated carbocycles. The molecule has 3 heterocycles. The van der Waals surface area contributed by atoms with Gasteiger partial charge in [-0.15, -0.1) is 10.2 Å². The SMILES string of the molecule is C1=Cc2ncccc2CC1=Cc1nnc2ccc(C3CC3)nn12. The van der Waals surface area contributed by atoms with E-state index in [0.29, 0.717) is 5.92 Å². The number of rotatable bonds is 2. The highest BCUT2D eigenvalue weighted by atomic mass is 15.4. The highest BCUT2D eigenvalue weighted by Gasteiger charge is 2.25. The van der Waals surface area contributed by atoms with Gasteiger partial charge >= 0.3 is 0 Å². The zero-order chi connectivity index (χ0) is 15.2. The first-order valence-electron chi connectivity index (χ1n) is 7.92. The van der Waals surface area contributed by atoms with Gasteiger partial charge in [-0.25, -0.2) is 0 Å². The van der Waals surface area contributed by atoms with Crippen LogP contribution in [0.15, 0.2) is 42.1 Å². The van der Waals surface area contributed by atoms with E-state index in [1.807, 2.05) is 22.8 Å². The number of fused-ring (bicyclic) bond motifs is 2. The fourth-order valence-corrected chi connectivity index (χ4v) is 2.99. The van der Waals surface area contributed by atoms with E-state index >= 15 is 0 Å². The molecule has 0 N–H and O–H groups in total. The average molecular weight is 301 g/mol. The van der Waals surface area contributed by atoms with Crippen molar-refractivity contribution in [2.45, 2.75) is 25.2 Å². The Kier molecular flexibility index (Phi) is 2.67. The quantitative estimate of drug-likeness (QED) is 0.730. The number of pyridine rings is 1. The lowest BCUT2D eigenvalue weighted by Gasteiger charge is -2.11. The lowest BCUT2D eigenvalue weighted by Crippen LogP contribution is -2.01. The van der Waals surface area contributed by atoms with Crippen molar-refractivity contribution < 1.29 is 0 Å². The Labute approximate surface area is 133 Å². The maximum Gasteiger partial charge on any atom is 0.178 e. The second-order valence-corrected chi connectivity index (χ2v) is 6.14. The molecule has 0 unspecified atom stereocenters. The fraction of sp³-hybridized carbons (Fsp3) is 0.222. The van der Waals surface area contributed by atoms with Gasteiger partial charge in [-0.1, -0.05) is 12.1 Å². The minimum atomic E-state index is 0.620. The third-order valence-corrected chi connectivity index (χ3v) is 4.39. The van der Waals surface area contributed by atoms with E-state index < -0.39 is 0 Å². The number of allylic oxidation sites excluding steroid dienone is 2. The van der Waals surface area contributed by atoms with Crippen LogP contribution >= 0.6 is 0 Å². The van der Waals surface area contributed by atoms with Gasteiger partial charge in [-0.3, -0.25) is 4.98 Å². The molecule has 2 aliphatic rings. The van der Waals surface area contributed by atoms with Crippen LogP contribution in [0.5, 0.6) is 0 Å². The van der Waals surface area contributed by atoms with E-state index in [9.17, 15) is 0 Å². The van der Waals surface area contributed by atoms with Crippen LogP contribution in [0.25, 0.3) is 17.8 Å². The van der Waals surface area contributed by atoms with Gasteiger partial charge in [-0.2, -0.15) is 9.61 Å². The Balaban J connectivity index is 1.55. The zero-order valence-electron chi connectivity index (χ0n) is 12.6. The largest absolute Gasteiger partial charge is 0.257 e. The van der Waals surface area contributed by atoms with E-state index in [0.717, 1.165) is 29.3 Å². The standard InChI is InChI=1S/C18H15N5/c1-2-14-10-12(3-6-15(14)19-9-1)11-18-21-20-17-8-7-16(13-4-5-13)22-23(17)18/h1-3,6-9,11,13H,4-5,10H2. The minimum absolute atomic E-state index is 0.620. The summed E-state index contributed by atoms with van der Waals surface area (Å²) in [6, 6.07) is 8.17. The third-order valence-electron chi connectivity index (χ3n) is 4.39. The number of aromatic nitrogens is 5. The van der Waals surface area contributed by atoms with Crippen LogP contribution in [0, 0.1) is 0 Å². The average Bonchev–Trinajstić information content (AvgIpc) is 3.37. The summed E-state index contributed by atoms with van der Waals surface area (Å²) in [7, 11) is 0. The molecule has 0 spiro atoms. The first kappa shape index (κ1) is 12.7. The van der Waals surface area contributed by atoms with Crippen molar-refractivity contribution >= 4 is 17.8 Å². The molecule has 3 aromatic rings. The molecule has 0 bridgehead atoms. The lowest BCUT2D eigenvalue weighted by molar-refractivity contribution is 0.842. The summed E-state index contributed by atoms with van der Waals surface area (Å²) in [5, 5.41) is 13.2. The van der Waals surface area contributed by atoms with Gasteiger partial charge < -0.3 is 0 Å². The number of hydrogen-bond donors (Lipinski definition) is 0. The molecule has 5 rings (SSSR count). The van der Waals surface area contributed by atoms with Crippen LogP contribution in [-0.2, 0) is 6.42 Å². The number of nitrogens with zero attached hydrogens (tertiary/aromatic N) is 5. The van der Waals surface area contributed by atoms with Crippen LogP contribution < -0.4 is 0 Å². The molecule has 1 fully saturated rings. The van der Waals surface area contributed by atoms with Crippen molar-refractivity contribution in [1.82, 2.24) is 24.8 Å². The van der Waals surface area contributed by atoms with Gasteiger partial charge in [0.15, 0.2) is 11.5 Å². The first-order chi connectivity index (χ1) is 11.4. The summed E-state index contributed by atoms with van der Waals surface area (Å²) in [5.74, 6) is 1.41. The van der Waals surface area contributed by atoms with Gasteiger partial charge in [0.1, 0.15) is 0 Å². The molecule has 5 nitrogen and oxygen atoms in total. The van der Waals surface area contributed by atoms with Gasteiger partial charge in [0.05, 0.1) is 11.4 Å². The second-order valence-electron chi connectivity index (χ2n) is 6.14. The molecule has 0 saturated heterocycles. The fourth-order valence-electron chi connectivity index (χ4n) is 2.99. The summed E-state index contributed by atoms with van der Waals surface area (Å²) in [4.78, 5) is 4.38. The summed E-state index contributed by atoms with van der Waals surface area (Å²) in [6.45, 7) is 0. The second kappa shape index (κ2) is 4.84. The summed E-state index contributed by atoms with van der Waals surface area (Å²) < 4.78 is 1.85. The molecule has 2 aliphatic carbocycles. The zero-order valence-corrected chi connectivity index (χ0v) is 12.6. The monoisotopic (exact) mass is 301 g/mol. The van der Waals surface area contributed by atoms with Crippen LogP contribution in [-0.4, -0.2) is 24.8 Å². The van der Waals surface area contributed by atoms with Gasteiger partial charge in [0.2, 0.25) is 0 Å². The molecule has 0 aliphatic heterocycles. The van der Waals surface area contributed by atoms with Crippen molar-refractivity contribution in [3.63, 3.8) is 0 Å².